The Morgan fingerprint density at radius 1 is 1.00 bits per heavy atom. The number of aromatic carboxylic acids is 2. The molecule has 0 aliphatic carbocycles. The number of nitrogens with zero attached hydrogens (tertiary/aromatic N) is 1. The van der Waals surface area contributed by atoms with Crippen molar-refractivity contribution in [2.24, 2.45) is 7.05 Å². The minimum Gasteiger partial charge on any atom is -0.543 e. The van der Waals surface area contributed by atoms with Gasteiger partial charge in [-0.2, -0.15) is 0 Å². The summed E-state index contributed by atoms with van der Waals surface area (Å²) in [5.74, 6) is -3.22. The largest absolute Gasteiger partial charge is 1.00 e. The minimum absolute atomic E-state index is 0. The molecule has 0 fully saturated rings. The van der Waals surface area contributed by atoms with Crippen LogP contribution < -0.4 is 74.8 Å². The summed E-state index contributed by atoms with van der Waals surface area (Å²) >= 11 is 3.08. The predicted molar refractivity (Wildman–Crippen MR) is 65.8 cm³/mol. The fraction of sp³-hybridized carbons (Fsp3) is 0.125. The average Bonchev–Trinajstić information content (AvgIpc) is 2.13. The molecule has 0 saturated heterocycles. The first-order chi connectivity index (χ1) is 7.29. The Morgan fingerprint density at radius 2 is 1.28 bits per heavy atom. The summed E-state index contributed by atoms with van der Waals surface area (Å²) in [5, 5.41) is 21.6. The van der Waals surface area contributed by atoms with Crippen molar-refractivity contribution >= 4 is 57.1 Å². The topological polar surface area (TPSA) is 102 Å². The Balaban J connectivity index is 0. The van der Waals surface area contributed by atoms with Gasteiger partial charge < -0.3 is 24.4 Å². The van der Waals surface area contributed by atoms with Crippen molar-refractivity contribution in [1.29, 1.82) is 0 Å². The number of halogens is 2. The Morgan fingerprint density at radius 3 is 1.50 bits per heavy atom. The Labute approximate surface area is 173 Å². The van der Waals surface area contributed by atoms with E-state index >= 15 is 0 Å². The van der Waals surface area contributed by atoms with Crippen LogP contribution in [0, 0.1) is 7.14 Å². The van der Waals surface area contributed by atoms with Gasteiger partial charge in [0.15, 0.2) is 0 Å². The Hall–Kier alpha value is 1.35. The van der Waals surface area contributed by atoms with Crippen molar-refractivity contribution in [3.63, 3.8) is 0 Å². The number of rotatable bonds is 2. The fourth-order valence-corrected chi connectivity index (χ4v) is 3.39. The molecule has 0 aromatic carbocycles. The maximum atomic E-state index is 11.6. The summed E-state index contributed by atoms with van der Waals surface area (Å²) in [5.41, 5.74) is -1.59. The van der Waals surface area contributed by atoms with Crippen molar-refractivity contribution in [2.75, 3.05) is 0 Å². The predicted octanol–water partition coefficient (Wildman–Crippen LogP) is -7.67. The summed E-state index contributed by atoms with van der Waals surface area (Å²) in [6.45, 7) is 0. The van der Waals surface area contributed by atoms with Crippen LogP contribution in [-0.4, -0.2) is 16.5 Å². The molecule has 0 aliphatic heterocycles. The van der Waals surface area contributed by atoms with E-state index in [9.17, 15) is 24.6 Å². The van der Waals surface area contributed by atoms with Crippen molar-refractivity contribution in [2.45, 2.75) is 0 Å². The Bertz CT molecular complexity index is 513. The minimum atomic E-state index is -1.61. The Kier molecular flexibility index (Phi) is 10.3. The second kappa shape index (κ2) is 8.60. The molecule has 0 spiro atoms. The number of hydrogen-bond acceptors (Lipinski definition) is 5. The van der Waals surface area contributed by atoms with Crippen LogP contribution in [0.2, 0.25) is 0 Å². The van der Waals surface area contributed by atoms with Crippen molar-refractivity contribution in [3.05, 3.63) is 28.8 Å². The number of hydrogen-bond donors (Lipinski definition) is 0. The number of carboxylic acids is 2. The molecule has 0 amide bonds. The molecule has 0 radical (unpaired) electrons. The van der Waals surface area contributed by atoms with Gasteiger partial charge in [-0.05, 0) is 45.2 Å². The van der Waals surface area contributed by atoms with Gasteiger partial charge in [0, 0.05) is 7.05 Å². The van der Waals surface area contributed by atoms with Crippen LogP contribution in [0.15, 0.2) is 4.79 Å². The van der Waals surface area contributed by atoms with Crippen LogP contribution in [0.25, 0.3) is 0 Å². The maximum absolute atomic E-state index is 11.6. The molecule has 0 aliphatic rings. The van der Waals surface area contributed by atoms with E-state index in [2.05, 4.69) is 0 Å². The van der Waals surface area contributed by atoms with E-state index in [1.807, 2.05) is 0 Å². The molecule has 0 N–H and O–H groups in total. The molecular weight excluding hydrogens is 490 g/mol. The molecule has 1 heterocycles. The summed E-state index contributed by atoms with van der Waals surface area (Å²) in [7, 11) is 1.22. The summed E-state index contributed by atoms with van der Waals surface area (Å²) in [6.07, 6.45) is 0. The van der Waals surface area contributed by atoms with Gasteiger partial charge in [-0.15, -0.1) is 0 Å². The van der Waals surface area contributed by atoms with Gasteiger partial charge in [0.05, 0.1) is 30.5 Å². The van der Waals surface area contributed by atoms with E-state index in [1.165, 1.54) is 52.2 Å². The monoisotopic (exact) mass is 493 g/mol. The molecule has 0 bridgehead atoms. The van der Waals surface area contributed by atoms with Gasteiger partial charge in [0.2, 0.25) is 5.43 Å². The second-order valence-electron chi connectivity index (χ2n) is 2.79. The van der Waals surface area contributed by atoms with Gasteiger partial charge in [-0.1, -0.05) is 0 Å². The van der Waals surface area contributed by atoms with Gasteiger partial charge in [0.25, 0.3) is 0 Å². The zero-order valence-electron chi connectivity index (χ0n) is 9.74. The molecule has 10 heteroatoms. The first-order valence-electron chi connectivity index (χ1n) is 3.79. The zero-order valence-corrected chi connectivity index (χ0v) is 18.1. The van der Waals surface area contributed by atoms with E-state index in [-0.39, 0.29) is 66.3 Å². The summed E-state index contributed by atoms with van der Waals surface area (Å²) < 4.78 is 0.694. The fourth-order valence-electron chi connectivity index (χ4n) is 1.17. The molecule has 1 rings (SSSR count). The molecule has 0 atom stereocenters. The zero-order chi connectivity index (χ0) is 12.6. The standard InChI is InChI=1S/C8H5I2NO5.2Na/c1-11-4(7(13)14)2(9)6(12)3(10)5(11)8(15)16;;/h1H3,(H,13,14)(H,15,16);;/q;2*+1/p-2. The van der Waals surface area contributed by atoms with Gasteiger partial charge in [0.1, 0.15) is 0 Å². The molecule has 0 unspecified atom stereocenters. The van der Waals surface area contributed by atoms with E-state index in [0.29, 0.717) is 0 Å². The van der Waals surface area contributed by atoms with Crippen LogP contribution in [0.1, 0.15) is 21.0 Å². The van der Waals surface area contributed by atoms with E-state index in [0.717, 1.165) is 4.57 Å². The molecule has 86 valence electrons. The third kappa shape index (κ3) is 4.17. The van der Waals surface area contributed by atoms with E-state index in [4.69, 9.17) is 0 Å². The molecule has 0 saturated carbocycles. The average molecular weight is 493 g/mol. The van der Waals surface area contributed by atoms with Crippen molar-refractivity contribution in [1.82, 2.24) is 4.57 Å². The number of carboxylic acid groups (broad SMARTS) is 2. The number of carbonyl (C=O) groups excluding carboxylic acids is 2. The van der Waals surface area contributed by atoms with Crippen LogP contribution in [0.4, 0.5) is 0 Å². The quantitative estimate of drug-likeness (QED) is 0.301. The smallest absolute Gasteiger partial charge is 0.543 e. The van der Waals surface area contributed by atoms with Crippen LogP contribution in [0.3, 0.4) is 0 Å². The molecular formula is C8H3I2NNa2O5. The third-order valence-electron chi connectivity index (χ3n) is 1.87. The summed E-state index contributed by atoms with van der Waals surface area (Å²) in [6, 6.07) is 0. The van der Waals surface area contributed by atoms with Gasteiger partial charge in [-0.25, -0.2) is 0 Å². The van der Waals surface area contributed by atoms with Crippen LogP contribution in [0.5, 0.6) is 0 Å². The molecule has 18 heavy (non-hydrogen) atoms. The normalized spacial score (nSPS) is 9.06. The van der Waals surface area contributed by atoms with Crippen molar-refractivity contribution < 1.29 is 78.9 Å². The van der Waals surface area contributed by atoms with Crippen molar-refractivity contribution in [3.8, 4) is 0 Å². The van der Waals surface area contributed by atoms with E-state index in [1.54, 1.807) is 0 Å². The number of carbonyl (C=O) groups is 2. The summed E-state index contributed by atoms with van der Waals surface area (Å²) in [4.78, 5) is 33.1. The number of pyridine rings is 1. The molecule has 1 aromatic rings. The first kappa shape index (κ1) is 21.6. The van der Waals surface area contributed by atoms with E-state index < -0.39 is 28.8 Å². The van der Waals surface area contributed by atoms with Crippen LogP contribution >= 0.6 is 45.2 Å². The van der Waals surface area contributed by atoms with Crippen LogP contribution in [-0.2, 0) is 7.05 Å². The molecule has 1 aromatic heterocycles. The third-order valence-corrected chi connectivity index (χ3v) is 3.87. The van der Waals surface area contributed by atoms with Gasteiger partial charge >= 0.3 is 59.1 Å². The SMILES string of the molecule is Cn1c(C(=O)[O-])c(I)c(=O)c(I)c1C(=O)[O-].[Na+].[Na+]. The second-order valence-corrected chi connectivity index (χ2v) is 4.95. The first-order valence-corrected chi connectivity index (χ1v) is 5.95. The maximum Gasteiger partial charge on any atom is 1.00 e. The molecule has 6 nitrogen and oxygen atoms in total. The number of aromatic nitrogens is 1. The van der Waals surface area contributed by atoms with Gasteiger partial charge in [-0.3, -0.25) is 4.79 Å².